The lowest BCUT2D eigenvalue weighted by Gasteiger charge is -2.15. The summed E-state index contributed by atoms with van der Waals surface area (Å²) in [6, 6.07) is 7.92. The molecule has 0 spiro atoms. The maximum atomic E-state index is 12.3. The van der Waals surface area contributed by atoms with Crippen LogP contribution in [0.5, 0.6) is 0 Å². The van der Waals surface area contributed by atoms with Gasteiger partial charge in [0.25, 0.3) is 5.91 Å². The van der Waals surface area contributed by atoms with E-state index in [1.807, 2.05) is 38.1 Å². The van der Waals surface area contributed by atoms with E-state index >= 15 is 0 Å². The number of hydrogen-bond donors (Lipinski definition) is 2. The van der Waals surface area contributed by atoms with Crippen LogP contribution in [0.25, 0.3) is 10.8 Å². The Hall–Kier alpha value is -2.54. The number of aromatic amines is 1. The molecule has 0 bridgehead atoms. The molecule has 22 heavy (non-hydrogen) atoms. The van der Waals surface area contributed by atoms with E-state index in [0.717, 1.165) is 11.1 Å². The van der Waals surface area contributed by atoms with Crippen LogP contribution in [-0.4, -0.2) is 26.1 Å². The van der Waals surface area contributed by atoms with E-state index in [0.29, 0.717) is 16.5 Å². The summed E-state index contributed by atoms with van der Waals surface area (Å²) < 4.78 is 0. The zero-order chi connectivity index (χ0) is 15.5. The van der Waals surface area contributed by atoms with Gasteiger partial charge in [0, 0.05) is 5.38 Å². The van der Waals surface area contributed by atoms with Gasteiger partial charge >= 0.3 is 0 Å². The molecule has 0 saturated carbocycles. The highest BCUT2D eigenvalue weighted by molar-refractivity contribution is 7.13. The SMILES string of the molecule is Cc1ccccc1[C@@H](C)NC(=O)c1csc(-c2ncn[nH]2)n1. The number of thiazole rings is 1. The van der Waals surface area contributed by atoms with Crippen molar-refractivity contribution in [1.82, 2.24) is 25.5 Å². The molecule has 0 aliphatic rings. The van der Waals surface area contributed by atoms with E-state index in [2.05, 4.69) is 25.5 Å². The molecule has 3 aromatic rings. The van der Waals surface area contributed by atoms with Crippen molar-refractivity contribution in [3.8, 4) is 10.8 Å². The first-order chi connectivity index (χ1) is 10.6. The van der Waals surface area contributed by atoms with E-state index in [1.54, 1.807) is 5.38 Å². The Morgan fingerprint density at radius 2 is 2.18 bits per heavy atom. The van der Waals surface area contributed by atoms with Crippen molar-refractivity contribution in [2.45, 2.75) is 19.9 Å². The molecule has 2 aromatic heterocycles. The molecule has 1 atom stereocenters. The van der Waals surface area contributed by atoms with Gasteiger partial charge in [0.15, 0.2) is 10.8 Å². The normalized spacial score (nSPS) is 12.1. The van der Waals surface area contributed by atoms with E-state index in [1.165, 1.54) is 17.7 Å². The van der Waals surface area contributed by atoms with Gasteiger partial charge in [-0.25, -0.2) is 9.97 Å². The van der Waals surface area contributed by atoms with Gasteiger partial charge < -0.3 is 5.32 Å². The molecule has 112 valence electrons. The van der Waals surface area contributed by atoms with Crippen LogP contribution in [0.2, 0.25) is 0 Å². The Labute approximate surface area is 131 Å². The molecule has 6 nitrogen and oxygen atoms in total. The summed E-state index contributed by atoms with van der Waals surface area (Å²) in [7, 11) is 0. The van der Waals surface area contributed by atoms with Gasteiger partial charge in [0.2, 0.25) is 0 Å². The zero-order valence-electron chi connectivity index (χ0n) is 12.2. The number of nitrogens with one attached hydrogen (secondary N) is 2. The highest BCUT2D eigenvalue weighted by Crippen LogP contribution is 2.21. The van der Waals surface area contributed by atoms with Gasteiger partial charge in [0.1, 0.15) is 12.0 Å². The van der Waals surface area contributed by atoms with Crippen molar-refractivity contribution in [2.24, 2.45) is 0 Å². The molecule has 7 heteroatoms. The van der Waals surface area contributed by atoms with Gasteiger partial charge in [-0.05, 0) is 25.0 Å². The summed E-state index contributed by atoms with van der Waals surface area (Å²) in [6.45, 7) is 3.99. The number of nitrogens with zero attached hydrogens (tertiary/aromatic N) is 3. The van der Waals surface area contributed by atoms with Crippen LogP contribution in [0.3, 0.4) is 0 Å². The zero-order valence-corrected chi connectivity index (χ0v) is 13.0. The molecule has 2 heterocycles. The second-order valence-electron chi connectivity index (χ2n) is 4.92. The Balaban J connectivity index is 1.74. The minimum absolute atomic E-state index is 0.0795. The first-order valence-corrected chi connectivity index (χ1v) is 7.71. The summed E-state index contributed by atoms with van der Waals surface area (Å²) in [5, 5.41) is 11.9. The highest BCUT2D eigenvalue weighted by atomic mass is 32.1. The highest BCUT2D eigenvalue weighted by Gasteiger charge is 2.16. The number of aryl methyl sites for hydroxylation is 1. The molecule has 0 saturated heterocycles. The molecule has 0 aliphatic carbocycles. The fraction of sp³-hybridized carbons (Fsp3) is 0.200. The van der Waals surface area contributed by atoms with Crippen LogP contribution in [0.15, 0.2) is 36.0 Å². The van der Waals surface area contributed by atoms with Crippen molar-refractivity contribution in [1.29, 1.82) is 0 Å². The Kier molecular flexibility index (Phi) is 3.97. The van der Waals surface area contributed by atoms with Crippen LogP contribution >= 0.6 is 11.3 Å². The summed E-state index contributed by atoms with van der Waals surface area (Å²) in [5.74, 6) is 0.369. The number of rotatable bonds is 4. The Bertz CT molecular complexity index is 781. The molecule has 3 rings (SSSR count). The van der Waals surface area contributed by atoms with Crippen LogP contribution in [0, 0.1) is 6.92 Å². The Morgan fingerprint density at radius 3 is 2.91 bits per heavy atom. The number of H-pyrrole nitrogens is 1. The van der Waals surface area contributed by atoms with Gasteiger partial charge in [-0.15, -0.1) is 11.3 Å². The number of benzene rings is 1. The van der Waals surface area contributed by atoms with Crippen LogP contribution in [-0.2, 0) is 0 Å². The number of hydrogen-bond acceptors (Lipinski definition) is 5. The lowest BCUT2D eigenvalue weighted by Crippen LogP contribution is -2.27. The summed E-state index contributed by atoms with van der Waals surface area (Å²) in [6.07, 6.45) is 1.41. The maximum Gasteiger partial charge on any atom is 0.271 e. The topological polar surface area (TPSA) is 83.6 Å². The molecule has 0 fully saturated rings. The molecule has 0 radical (unpaired) electrons. The van der Waals surface area contributed by atoms with E-state index < -0.39 is 0 Å². The number of carbonyl (C=O) groups is 1. The molecular weight excluding hydrogens is 298 g/mol. The average molecular weight is 313 g/mol. The fourth-order valence-electron chi connectivity index (χ4n) is 2.22. The van der Waals surface area contributed by atoms with Crippen molar-refractivity contribution in [2.75, 3.05) is 0 Å². The van der Waals surface area contributed by atoms with Gasteiger partial charge in [-0.1, -0.05) is 24.3 Å². The number of aromatic nitrogens is 4. The van der Waals surface area contributed by atoms with Gasteiger partial charge in [-0.3, -0.25) is 9.89 Å². The van der Waals surface area contributed by atoms with Crippen LogP contribution in [0.4, 0.5) is 0 Å². The maximum absolute atomic E-state index is 12.3. The predicted molar refractivity (Wildman–Crippen MR) is 84.6 cm³/mol. The minimum Gasteiger partial charge on any atom is -0.344 e. The van der Waals surface area contributed by atoms with E-state index in [9.17, 15) is 4.79 Å². The third-order valence-electron chi connectivity index (χ3n) is 3.36. The third-order valence-corrected chi connectivity index (χ3v) is 4.21. The van der Waals surface area contributed by atoms with E-state index in [4.69, 9.17) is 0 Å². The van der Waals surface area contributed by atoms with Crippen molar-refractivity contribution >= 4 is 17.2 Å². The van der Waals surface area contributed by atoms with Crippen LogP contribution < -0.4 is 5.32 Å². The van der Waals surface area contributed by atoms with Gasteiger partial charge in [0.05, 0.1) is 6.04 Å². The van der Waals surface area contributed by atoms with Crippen LogP contribution in [0.1, 0.15) is 34.6 Å². The lowest BCUT2D eigenvalue weighted by atomic mass is 10.0. The first-order valence-electron chi connectivity index (χ1n) is 6.83. The quantitative estimate of drug-likeness (QED) is 0.775. The largest absolute Gasteiger partial charge is 0.344 e. The monoisotopic (exact) mass is 313 g/mol. The predicted octanol–water partition coefficient (Wildman–Crippen LogP) is 2.73. The smallest absolute Gasteiger partial charge is 0.271 e. The van der Waals surface area contributed by atoms with Crippen molar-refractivity contribution in [3.05, 3.63) is 52.8 Å². The van der Waals surface area contributed by atoms with Crippen molar-refractivity contribution < 1.29 is 4.79 Å². The molecule has 0 unspecified atom stereocenters. The second kappa shape index (κ2) is 6.07. The molecule has 2 N–H and O–H groups in total. The second-order valence-corrected chi connectivity index (χ2v) is 5.78. The fourth-order valence-corrected chi connectivity index (χ4v) is 2.96. The summed E-state index contributed by atoms with van der Waals surface area (Å²) in [4.78, 5) is 20.6. The first kappa shape index (κ1) is 14.4. The summed E-state index contributed by atoms with van der Waals surface area (Å²) in [5.41, 5.74) is 2.63. The summed E-state index contributed by atoms with van der Waals surface area (Å²) >= 11 is 1.36. The number of amides is 1. The van der Waals surface area contributed by atoms with Gasteiger partial charge in [-0.2, -0.15) is 5.10 Å². The standard InChI is InChI=1S/C15H15N5OS/c1-9-5-3-4-6-11(9)10(2)18-14(21)12-7-22-15(19-12)13-16-8-17-20-13/h3-8,10H,1-2H3,(H,18,21)(H,16,17,20)/t10-/m1/s1. The third kappa shape index (κ3) is 2.89. The van der Waals surface area contributed by atoms with E-state index in [-0.39, 0.29) is 11.9 Å². The molecule has 1 amide bonds. The van der Waals surface area contributed by atoms with Crippen molar-refractivity contribution in [3.63, 3.8) is 0 Å². The average Bonchev–Trinajstić information content (AvgIpc) is 3.18. The molecular formula is C15H15N5OS. The molecule has 0 aliphatic heterocycles. The Morgan fingerprint density at radius 1 is 1.36 bits per heavy atom. The number of carbonyl (C=O) groups excluding carboxylic acids is 1. The molecule has 1 aromatic carbocycles. The lowest BCUT2D eigenvalue weighted by molar-refractivity contribution is 0.0935. The minimum atomic E-state index is -0.197.